The lowest BCUT2D eigenvalue weighted by atomic mass is 9.85. The van der Waals surface area contributed by atoms with E-state index in [0.29, 0.717) is 6.61 Å². The van der Waals surface area contributed by atoms with Crippen molar-refractivity contribution in [3.8, 4) is 0 Å². The molecule has 5 nitrogen and oxygen atoms in total. The van der Waals surface area contributed by atoms with Crippen LogP contribution in [-0.2, 0) is 14.3 Å². The number of piperazine rings is 1. The minimum absolute atomic E-state index is 0.000801. The summed E-state index contributed by atoms with van der Waals surface area (Å²) in [4.78, 5) is 17.4. The first-order valence-corrected chi connectivity index (χ1v) is 9.91. The number of fused-ring (bicyclic) bond motifs is 1. The molecule has 3 rings (SSSR count). The van der Waals surface area contributed by atoms with Gasteiger partial charge in [-0.15, -0.1) is 0 Å². The molecule has 0 bridgehead atoms. The lowest BCUT2D eigenvalue weighted by Crippen LogP contribution is -2.47. The Balaban J connectivity index is 1.67. The smallest absolute Gasteiger partial charge is 0.311 e. The van der Waals surface area contributed by atoms with Crippen LogP contribution in [0.5, 0.6) is 0 Å². The first kappa shape index (κ1) is 18.9. The van der Waals surface area contributed by atoms with E-state index < -0.39 is 0 Å². The van der Waals surface area contributed by atoms with Crippen LogP contribution in [0.4, 0.5) is 0 Å². The summed E-state index contributed by atoms with van der Waals surface area (Å²) in [6.45, 7) is 9.98. The van der Waals surface area contributed by atoms with Crippen LogP contribution in [0.25, 0.3) is 0 Å². The number of carbonyl (C=O) groups is 1. The number of nitrogens with zero attached hydrogens (tertiary/aromatic N) is 2. The van der Waals surface area contributed by atoms with Gasteiger partial charge in [0.15, 0.2) is 0 Å². The Morgan fingerprint density at radius 2 is 1.96 bits per heavy atom. The SMILES string of the molecule is CC1=CCCC(C)OCC2OC(=O)C(CN3CCN(C)CC3)C2CC1. The Hall–Kier alpha value is -0.910. The number of esters is 1. The topological polar surface area (TPSA) is 42.0 Å². The minimum atomic E-state index is -0.0710. The maximum Gasteiger partial charge on any atom is 0.311 e. The number of ether oxygens (including phenoxy) is 2. The van der Waals surface area contributed by atoms with E-state index in [1.807, 2.05) is 0 Å². The van der Waals surface area contributed by atoms with E-state index in [2.05, 4.69) is 36.8 Å². The van der Waals surface area contributed by atoms with Crippen molar-refractivity contribution in [3.05, 3.63) is 11.6 Å². The second-order valence-corrected chi connectivity index (χ2v) is 8.16. The number of allylic oxidation sites excluding steroid dienone is 2. The lowest BCUT2D eigenvalue weighted by Gasteiger charge is -2.34. The molecule has 3 aliphatic rings. The van der Waals surface area contributed by atoms with Crippen LogP contribution < -0.4 is 0 Å². The number of likely N-dealkylation sites (N-methyl/N-ethyl adjacent to an activating group) is 1. The molecule has 5 heteroatoms. The monoisotopic (exact) mass is 350 g/mol. The molecule has 0 spiro atoms. The first-order valence-electron chi connectivity index (χ1n) is 9.91. The largest absolute Gasteiger partial charge is 0.459 e. The average Bonchev–Trinajstić information content (AvgIpc) is 2.86. The standard InChI is InChI=1S/C20H34N2O3/c1-15-5-4-6-16(2)24-14-19-17(8-7-15)18(20(23)25-19)13-22-11-9-21(3)10-12-22/h5,16-19H,4,6-14H2,1-3H3. The molecule has 3 heterocycles. The summed E-state index contributed by atoms with van der Waals surface area (Å²) in [7, 11) is 2.16. The summed E-state index contributed by atoms with van der Waals surface area (Å²) >= 11 is 0. The predicted octanol–water partition coefficient (Wildman–Crippen LogP) is 2.32. The van der Waals surface area contributed by atoms with Gasteiger partial charge in [0.2, 0.25) is 0 Å². The predicted molar refractivity (Wildman–Crippen MR) is 98.4 cm³/mol. The molecule has 2 fully saturated rings. The van der Waals surface area contributed by atoms with Gasteiger partial charge < -0.3 is 14.4 Å². The second-order valence-electron chi connectivity index (χ2n) is 8.16. The fourth-order valence-corrected chi connectivity index (χ4v) is 4.22. The van der Waals surface area contributed by atoms with Gasteiger partial charge >= 0.3 is 5.97 Å². The van der Waals surface area contributed by atoms with Gasteiger partial charge in [-0.3, -0.25) is 9.69 Å². The summed E-state index contributed by atoms with van der Waals surface area (Å²) in [5, 5.41) is 0. The van der Waals surface area contributed by atoms with Crippen LogP contribution in [0, 0.1) is 11.8 Å². The van der Waals surface area contributed by atoms with Crippen LogP contribution in [0.3, 0.4) is 0 Å². The third-order valence-electron chi connectivity index (χ3n) is 6.10. The van der Waals surface area contributed by atoms with Crippen LogP contribution in [-0.4, -0.2) is 74.4 Å². The Morgan fingerprint density at radius 1 is 1.20 bits per heavy atom. The number of hydrogen-bond donors (Lipinski definition) is 0. The fraction of sp³-hybridized carbons (Fsp3) is 0.850. The molecule has 0 radical (unpaired) electrons. The van der Waals surface area contributed by atoms with E-state index in [0.717, 1.165) is 58.4 Å². The summed E-state index contributed by atoms with van der Waals surface area (Å²) < 4.78 is 11.8. The molecule has 0 aromatic carbocycles. The van der Waals surface area contributed by atoms with Crippen LogP contribution >= 0.6 is 0 Å². The lowest BCUT2D eigenvalue weighted by molar-refractivity contribution is -0.147. The summed E-state index contributed by atoms with van der Waals surface area (Å²) in [5.41, 5.74) is 1.44. The van der Waals surface area contributed by atoms with E-state index in [-0.39, 0.29) is 30.0 Å². The van der Waals surface area contributed by atoms with Crippen molar-refractivity contribution < 1.29 is 14.3 Å². The molecule has 0 aromatic heterocycles. The van der Waals surface area contributed by atoms with Gasteiger partial charge in [0.05, 0.1) is 18.6 Å². The average molecular weight is 351 g/mol. The molecular formula is C20H34N2O3. The highest BCUT2D eigenvalue weighted by molar-refractivity contribution is 5.75. The van der Waals surface area contributed by atoms with Gasteiger partial charge in [-0.05, 0) is 46.6 Å². The number of hydrogen-bond acceptors (Lipinski definition) is 5. The number of rotatable bonds is 2. The van der Waals surface area contributed by atoms with Crippen molar-refractivity contribution in [1.29, 1.82) is 0 Å². The zero-order chi connectivity index (χ0) is 17.8. The van der Waals surface area contributed by atoms with Crippen LogP contribution in [0.2, 0.25) is 0 Å². The second kappa shape index (κ2) is 8.65. The van der Waals surface area contributed by atoms with Gasteiger partial charge in [0.25, 0.3) is 0 Å². The highest BCUT2D eigenvalue weighted by Crippen LogP contribution is 2.35. The third kappa shape index (κ3) is 5.05. The quantitative estimate of drug-likeness (QED) is 0.565. The molecule has 0 aliphatic carbocycles. The molecule has 25 heavy (non-hydrogen) atoms. The molecule has 4 unspecified atom stereocenters. The van der Waals surface area contributed by atoms with E-state index in [9.17, 15) is 4.79 Å². The van der Waals surface area contributed by atoms with Crippen molar-refractivity contribution in [1.82, 2.24) is 9.80 Å². The number of carbonyl (C=O) groups excluding carboxylic acids is 1. The molecule has 0 amide bonds. The minimum Gasteiger partial charge on any atom is -0.459 e. The highest BCUT2D eigenvalue weighted by atomic mass is 16.6. The van der Waals surface area contributed by atoms with E-state index in [4.69, 9.17) is 9.47 Å². The Labute approximate surface area is 152 Å². The normalized spacial score (nSPS) is 36.3. The zero-order valence-corrected chi connectivity index (χ0v) is 16.1. The van der Waals surface area contributed by atoms with Crippen LogP contribution in [0.1, 0.15) is 39.5 Å². The van der Waals surface area contributed by atoms with Crippen LogP contribution in [0.15, 0.2) is 11.6 Å². The molecule has 4 atom stereocenters. The Kier molecular flexibility index (Phi) is 6.53. The Bertz CT molecular complexity index is 485. The third-order valence-corrected chi connectivity index (χ3v) is 6.10. The first-order chi connectivity index (χ1) is 12.0. The molecule has 0 aromatic rings. The molecule has 2 saturated heterocycles. The van der Waals surface area contributed by atoms with Crippen molar-refractivity contribution in [2.45, 2.75) is 51.7 Å². The summed E-state index contributed by atoms with van der Waals surface area (Å²) in [6.07, 6.45) is 6.69. The Morgan fingerprint density at radius 3 is 2.72 bits per heavy atom. The molecule has 0 N–H and O–H groups in total. The molecular weight excluding hydrogens is 316 g/mol. The summed E-state index contributed by atoms with van der Waals surface area (Å²) in [5.74, 6) is 0.269. The van der Waals surface area contributed by atoms with Gasteiger partial charge in [-0.25, -0.2) is 0 Å². The zero-order valence-electron chi connectivity index (χ0n) is 16.1. The van der Waals surface area contributed by atoms with Gasteiger partial charge in [-0.2, -0.15) is 0 Å². The van der Waals surface area contributed by atoms with E-state index >= 15 is 0 Å². The summed E-state index contributed by atoms with van der Waals surface area (Å²) in [6, 6.07) is 0. The van der Waals surface area contributed by atoms with E-state index in [1.165, 1.54) is 5.57 Å². The van der Waals surface area contributed by atoms with Gasteiger partial charge in [0.1, 0.15) is 6.10 Å². The molecule has 3 aliphatic heterocycles. The maximum absolute atomic E-state index is 12.6. The molecule has 142 valence electrons. The maximum atomic E-state index is 12.6. The van der Waals surface area contributed by atoms with Crippen molar-refractivity contribution in [3.63, 3.8) is 0 Å². The highest BCUT2D eigenvalue weighted by Gasteiger charge is 2.45. The van der Waals surface area contributed by atoms with E-state index in [1.54, 1.807) is 0 Å². The van der Waals surface area contributed by atoms with Crippen molar-refractivity contribution in [2.24, 2.45) is 11.8 Å². The van der Waals surface area contributed by atoms with Gasteiger partial charge in [0, 0.05) is 38.6 Å². The molecule has 0 saturated carbocycles. The van der Waals surface area contributed by atoms with Crippen molar-refractivity contribution >= 4 is 5.97 Å². The van der Waals surface area contributed by atoms with Crippen molar-refractivity contribution in [2.75, 3.05) is 46.4 Å². The van der Waals surface area contributed by atoms with Gasteiger partial charge in [-0.1, -0.05) is 11.6 Å². The fourth-order valence-electron chi connectivity index (χ4n) is 4.22.